The zero-order valence-electron chi connectivity index (χ0n) is 13.0. The average Bonchev–Trinajstić information content (AvgIpc) is 2.47. The van der Waals surface area contributed by atoms with Gasteiger partial charge in [0, 0.05) is 13.1 Å². The number of likely N-dealkylation sites (tertiary alicyclic amines) is 1. The van der Waals surface area contributed by atoms with Gasteiger partial charge in [-0.2, -0.15) is 0 Å². The minimum absolute atomic E-state index is 0.328. The Kier molecular flexibility index (Phi) is 5.76. The molecule has 0 bridgehead atoms. The molecule has 0 aromatic heterocycles. The maximum Gasteiger partial charge on any atom is 0.248 e. The van der Waals surface area contributed by atoms with Crippen molar-refractivity contribution >= 4 is 5.91 Å². The van der Waals surface area contributed by atoms with Crippen LogP contribution in [-0.4, -0.2) is 35.1 Å². The van der Waals surface area contributed by atoms with Crippen LogP contribution in [0.25, 0.3) is 0 Å². The maximum absolute atomic E-state index is 11.4. The summed E-state index contributed by atoms with van der Waals surface area (Å²) in [5.74, 6) is 0.522. The number of nitrogens with one attached hydrogen (secondary N) is 1. The molecule has 1 heterocycles. The van der Waals surface area contributed by atoms with Gasteiger partial charge in [-0.1, -0.05) is 31.2 Å². The first kappa shape index (κ1) is 16.0. The Morgan fingerprint density at radius 1 is 1.38 bits per heavy atom. The number of aliphatic hydroxyl groups excluding tert-OH is 1. The summed E-state index contributed by atoms with van der Waals surface area (Å²) in [6, 6.07) is 8.31. The van der Waals surface area contributed by atoms with Crippen LogP contribution in [0.3, 0.4) is 0 Å². The summed E-state index contributed by atoms with van der Waals surface area (Å²) in [5, 5.41) is 11.9. The Morgan fingerprint density at radius 2 is 2.05 bits per heavy atom. The predicted molar refractivity (Wildman–Crippen MR) is 83.6 cm³/mol. The summed E-state index contributed by atoms with van der Waals surface area (Å²) in [5.41, 5.74) is 2.36. The van der Waals surface area contributed by atoms with Crippen molar-refractivity contribution in [3.05, 3.63) is 35.4 Å². The quantitative estimate of drug-likeness (QED) is 0.871. The molecule has 1 aromatic rings. The zero-order chi connectivity index (χ0) is 15.2. The first-order valence-corrected chi connectivity index (χ1v) is 7.80. The molecular formula is C17H26N2O2. The minimum atomic E-state index is -0.955. The van der Waals surface area contributed by atoms with E-state index in [2.05, 4.69) is 29.3 Å². The van der Waals surface area contributed by atoms with E-state index in [1.165, 1.54) is 38.4 Å². The molecule has 2 N–H and O–H groups in total. The number of rotatable bonds is 5. The fourth-order valence-corrected chi connectivity index (χ4v) is 2.65. The van der Waals surface area contributed by atoms with Gasteiger partial charge in [-0.05, 0) is 49.9 Å². The van der Waals surface area contributed by atoms with Crippen molar-refractivity contribution in [1.82, 2.24) is 10.2 Å². The van der Waals surface area contributed by atoms with Crippen molar-refractivity contribution in [2.24, 2.45) is 5.92 Å². The van der Waals surface area contributed by atoms with Crippen LogP contribution in [0.4, 0.5) is 0 Å². The molecule has 2 rings (SSSR count). The lowest BCUT2D eigenvalue weighted by molar-refractivity contribution is -0.128. The Balaban J connectivity index is 1.87. The van der Waals surface area contributed by atoms with Gasteiger partial charge in [0.25, 0.3) is 0 Å². The molecule has 1 aromatic carbocycles. The van der Waals surface area contributed by atoms with E-state index in [-0.39, 0.29) is 5.91 Å². The average molecular weight is 290 g/mol. The molecule has 1 aliphatic rings. The second kappa shape index (κ2) is 7.57. The predicted octanol–water partition coefficient (Wildman–Crippen LogP) is 1.92. The Hall–Kier alpha value is -1.39. The Labute approximate surface area is 127 Å². The van der Waals surface area contributed by atoms with E-state index in [0.29, 0.717) is 6.54 Å². The first-order valence-electron chi connectivity index (χ1n) is 7.80. The van der Waals surface area contributed by atoms with Crippen LogP contribution in [0.1, 0.15) is 37.8 Å². The number of amides is 1. The number of hydrogen-bond acceptors (Lipinski definition) is 3. The smallest absolute Gasteiger partial charge is 0.248 e. The van der Waals surface area contributed by atoms with Crippen LogP contribution in [0.15, 0.2) is 24.3 Å². The highest BCUT2D eigenvalue weighted by Gasteiger charge is 2.15. The number of aliphatic hydroxyl groups is 1. The molecule has 1 amide bonds. The van der Waals surface area contributed by atoms with E-state index in [1.54, 1.807) is 0 Å². The highest BCUT2D eigenvalue weighted by molar-refractivity contribution is 5.79. The van der Waals surface area contributed by atoms with E-state index in [1.807, 2.05) is 12.1 Å². The molecule has 0 aliphatic carbocycles. The summed E-state index contributed by atoms with van der Waals surface area (Å²) in [6.07, 6.45) is 1.61. The Bertz CT molecular complexity index is 466. The van der Waals surface area contributed by atoms with E-state index in [9.17, 15) is 9.90 Å². The molecule has 1 atom stereocenters. The van der Waals surface area contributed by atoms with Gasteiger partial charge in [0.2, 0.25) is 5.91 Å². The maximum atomic E-state index is 11.4. The fraction of sp³-hybridized carbons (Fsp3) is 0.588. The van der Waals surface area contributed by atoms with Gasteiger partial charge in [0.05, 0.1) is 0 Å². The summed E-state index contributed by atoms with van der Waals surface area (Å²) >= 11 is 0. The summed E-state index contributed by atoms with van der Waals surface area (Å²) < 4.78 is 0. The van der Waals surface area contributed by atoms with Gasteiger partial charge in [0.1, 0.15) is 6.10 Å². The van der Waals surface area contributed by atoms with Gasteiger partial charge in [0.15, 0.2) is 0 Å². The number of benzene rings is 1. The van der Waals surface area contributed by atoms with Gasteiger partial charge < -0.3 is 10.4 Å². The van der Waals surface area contributed by atoms with Crippen LogP contribution < -0.4 is 5.32 Å². The zero-order valence-corrected chi connectivity index (χ0v) is 13.0. The van der Waals surface area contributed by atoms with Crippen LogP contribution in [-0.2, 0) is 17.9 Å². The number of carbonyl (C=O) groups is 1. The van der Waals surface area contributed by atoms with Crippen LogP contribution >= 0.6 is 0 Å². The molecule has 4 nitrogen and oxygen atoms in total. The molecular weight excluding hydrogens is 264 g/mol. The molecule has 0 saturated carbocycles. The lowest BCUT2D eigenvalue weighted by Gasteiger charge is -2.30. The molecule has 1 aliphatic heterocycles. The molecule has 0 radical (unpaired) electrons. The van der Waals surface area contributed by atoms with Crippen molar-refractivity contribution in [1.29, 1.82) is 0 Å². The summed E-state index contributed by atoms with van der Waals surface area (Å²) in [6.45, 7) is 7.58. The van der Waals surface area contributed by atoms with E-state index >= 15 is 0 Å². The number of hydrogen-bond donors (Lipinski definition) is 2. The number of nitrogens with zero attached hydrogens (tertiary/aromatic N) is 1. The number of carbonyl (C=O) groups excluding carboxylic acids is 1. The van der Waals surface area contributed by atoms with E-state index in [0.717, 1.165) is 18.0 Å². The second-order valence-corrected chi connectivity index (χ2v) is 6.17. The molecule has 116 valence electrons. The van der Waals surface area contributed by atoms with E-state index in [4.69, 9.17) is 0 Å². The highest BCUT2D eigenvalue weighted by atomic mass is 16.3. The van der Waals surface area contributed by atoms with Crippen molar-refractivity contribution in [2.75, 3.05) is 13.1 Å². The van der Waals surface area contributed by atoms with Gasteiger partial charge in [-0.3, -0.25) is 9.69 Å². The van der Waals surface area contributed by atoms with Crippen LogP contribution in [0.5, 0.6) is 0 Å². The molecule has 21 heavy (non-hydrogen) atoms. The largest absolute Gasteiger partial charge is 0.384 e. The summed E-state index contributed by atoms with van der Waals surface area (Å²) in [7, 11) is 0. The fourth-order valence-electron chi connectivity index (χ4n) is 2.65. The molecule has 1 unspecified atom stereocenters. The van der Waals surface area contributed by atoms with Gasteiger partial charge >= 0.3 is 0 Å². The SMILES string of the molecule is CC1CCN(Cc2cccc(CNC(=O)C(C)O)c2)CC1. The Morgan fingerprint density at radius 3 is 2.71 bits per heavy atom. The third-order valence-electron chi connectivity index (χ3n) is 4.12. The van der Waals surface area contributed by atoms with Gasteiger partial charge in [-0.15, -0.1) is 0 Å². The standard InChI is InChI=1S/C17H26N2O2/c1-13-6-8-19(9-7-13)12-16-5-3-4-15(10-16)11-18-17(21)14(2)20/h3-5,10,13-14,20H,6-9,11-12H2,1-2H3,(H,18,21). The molecule has 1 fully saturated rings. The first-order chi connectivity index (χ1) is 10.0. The topological polar surface area (TPSA) is 52.6 Å². The lowest BCUT2D eigenvalue weighted by Crippen LogP contribution is -2.32. The molecule has 0 spiro atoms. The monoisotopic (exact) mass is 290 g/mol. The van der Waals surface area contributed by atoms with Crippen molar-refractivity contribution in [3.63, 3.8) is 0 Å². The van der Waals surface area contributed by atoms with Gasteiger partial charge in [-0.25, -0.2) is 0 Å². The minimum Gasteiger partial charge on any atom is -0.384 e. The van der Waals surface area contributed by atoms with Crippen LogP contribution in [0, 0.1) is 5.92 Å². The van der Waals surface area contributed by atoms with Crippen LogP contribution in [0.2, 0.25) is 0 Å². The molecule has 4 heteroatoms. The normalized spacial score (nSPS) is 18.4. The third-order valence-corrected chi connectivity index (χ3v) is 4.12. The van der Waals surface area contributed by atoms with Crippen molar-refractivity contribution < 1.29 is 9.90 Å². The lowest BCUT2D eigenvalue weighted by atomic mass is 9.98. The third kappa shape index (κ3) is 5.14. The van der Waals surface area contributed by atoms with Crippen molar-refractivity contribution in [3.8, 4) is 0 Å². The second-order valence-electron chi connectivity index (χ2n) is 6.17. The highest BCUT2D eigenvalue weighted by Crippen LogP contribution is 2.18. The molecule has 1 saturated heterocycles. The summed E-state index contributed by atoms with van der Waals surface area (Å²) in [4.78, 5) is 13.9. The number of piperidine rings is 1. The van der Waals surface area contributed by atoms with E-state index < -0.39 is 6.10 Å². The van der Waals surface area contributed by atoms with Crippen molar-refractivity contribution in [2.45, 2.75) is 45.9 Å².